The Hall–Kier alpha value is -2.01. The first-order valence-corrected chi connectivity index (χ1v) is 7.39. The largest absolute Gasteiger partial charge is 0.493 e. The molecule has 0 N–H and O–H groups in total. The average molecular weight is 307 g/mol. The van der Waals surface area contributed by atoms with Gasteiger partial charge in [-0.1, -0.05) is 13.0 Å². The fourth-order valence-electron chi connectivity index (χ4n) is 2.00. The second-order valence-electron chi connectivity index (χ2n) is 4.52. The second-order valence-corrected chi connectivity index (χ2v) is 4.90. The highest BCUT2D eigenvalue weighted by atomic mass is 35.5. The van der Waals surface area contributed by atoms with Crippen molar-refractivity contribution in [2.24, 2.45) is 0 Å². The molecule has 0 saturated heterocycles. The molecule has 0 unspecified atom stereocenters. The van der Waals surface area contributed by atoms with Crippen molar-refractivity contribution < 1.29 is 13.6 Å². The highest BCUT2D eigenvalue weighted by Gasteiger charge is 2.15. The summed E-state index contributed by atoms with van der Waals surface area (Å²) in [6.45, 7) is 2.53. The molecule has 0 saturated carbocycles. The van der Waals surface area contributed by atoms with E-state index < -0.39 is 0 Å². The number of ether oxygens (including phenoxy) is 1. The van der Waals surface area contributed by atoms with Gasteiger partial charge in [0, 0.05) is 18.4 Å². The quantitative estimate of drug-likeness (QED) is 0.508. The number of aryl methyl sites for hydroxylation is 1. The van der Waals surface area contributed by atoms with Gasteiger partial charge in [-0.25, -0.2) is 0 Å². The average Bonchev–Trinajstić information content (AvgIpc) is 3.14. The fraction of sp³-hybridized carbons (Fsp3) is 0.333. The van der Waals surface area contributed by atoms with Crippen molar-refractivity contribution >= 4 is 22.6 Å². The number of furan rings is 1. The molecule has 0 amide bonds. The van der Waals surface area contributed by atoms with Crippen LogP contribution in [0.3, 0.4) is 0 Å². The molecule has 0 spiro atoms. The SMILES string of the molecule is CCc1nnc(-c2cc3c(OCCCCl)cccc3o2)o1. The number of alkyl halides is 1. The third kappa shape index (κ3) is 2.88. The minimum absolute atomic E-state index is 0.384. The zero-order valence-electron chi connectivity index (χ0n) is 11.6. The zero-order valence-corrected chi connectivity index (χ0v) is 12.4. The molecule has 3 aromatic rings. The number of fused-ring (bicyclic) bond motifs is 1. The van der Waals surface area contributed by atoms with Gasteiger partial charge in [-0.15, -0.1) is 21.8 Å². The molecule has 3 rings (SSSR count). The fourth-order valence-corrected chi connectivity index (χ4v) is 2.11. The number of nitrogens with zero attached hydrogens (tertiary/aromatic N) is 2. The molecular weight excluding hydrogens is 292 g/mol. The summed E-state index contributed by atoms with van der Waals surface area (Å²) in [4.78, 5) is 0. The number of benzene rings is 1. The van der Waals surface area contributed by atoms with Crippen LogP contribution >= 0.6 is 11.6 Å². The van der Waals surface area contributed by atoms with Gasteiger partial charge in [0.1, 0.15) is 11.3 Å². The molecule has 1 aromatic carbocycles. The predicted molar refractivity (Wildman–Crippen MR) is 79.7 cm³/mol. The molecule has 6 heteroatoms. The smallest absolute Gasteiger partial charge is 0.283 e. The van der Waals surface area contributed by atoms with Crippen LogP contribution in [0, 0.1) is 0 Å². The van der Waals surface area contributed by atoms with Crippen molar-refractivity contribution in [3.8, 4) is 17.4 Å². The lowest BCUT2D eigenvalue weighted by Gasteiger charge is -2.04. The molecule has 5 nitrogen and oxygen atoms in total. The van der Waals surface area contributed by atoms with Crippen molar-refractivity contribution in [2.75, 3.05) is 12.5 Å². The summed E-state index contributed by atoms with van der Waals surface area (Å²) in [5.74, 6) is 2.86. The summed E-state index contributed by atoms with van der Waals surface area (Å²) in [7, 11) is 0. The maximum atomic E-state index is 5.76. The first-order chi connectivity index (χ1) is 10.3. The Morgan fingerprint density at radius 1 is 1.24 bits per heavy atom. The summed E-state index contributed by atoms with van der Waals surface area (Å²) < 4.78 is 17.0. The number of aromatic nitrogens is 2. The first-order valence-electron chi connectivity index (χ1n) is 6.86. The molecule has 2 aromatic heterocycles. The monoisotopic (exact) mass is 306 g/mol. The van der Waals surface area contributed by atoms with Crippen LogP contribution in [0.1, 0.15) is 19.2 Å². The highest BCUT2D eigenvalue weighted by molar-refractivity contribution is 6.17. The van der Waals surface area contributed by atoms with Gasteiger partial charge in [0.25, 0.3) is 5.89 Å². The Bertz CT molecular complexity index is 735. The van der Waals surface area contributed by atoms with Crippen molar-refractivity contribution in [1.82, 2.24) is 10.2 Å². The lowest BCUT2D eigenvalue weighted by molar-refractivity contribution is 0.322. The topological polar surface area (TPSA) is 61.3 Å². The van der Waals surface area contributed by atoms with E-state index >= 15 is 0 Å². The molecule has 2 heterocycles. The Balaban J connectivity index is 1.93. The minimum atomic E-state index is 0.384. The van der Waals surface area contributed by atoms with E-state index in [2.05, 4.69) is 10.2 Å². The molecule has 0 fully saturated rings. The Morgan fingerprint density at radius 3 is 2.90 bits per heavy atom. The molecule has 21 heavy (non-hydrogen) atoms. The van der Waals surface area contributed by atoms with Crippen molar-refractivity contribution in [3.05, 3.63) is 30.2 Å². The summed E-state index contributed by atoms with van der Waals surface area (Å²) in [6, 6.07) is 7.53. The molecule has 0 aliphatic heterocycles. The predicted octanol–water partition coefficient (Wildman–Crippen LogP) is 4.05. The molecular formula is C15H15ClN2O3. The summed E-state index contributed by atoms with van der Waals surface area (Å²) in [5.41, 5.74) is 0.727. The van der Waals surface area contributed by atoms with Crippen LogP contribution in [-0.2, 0) is 6.42 Å². The van der Waals surface area contributed by atoms with E-state index in [-0.39, 0.29) is 0 Å². The first kappa shape index (κ1) is 13.9. The maximum Gasteiger partial charge on any atom is 0.283 e. The normalized spacial score (nSPS) is 11.1. The highest BCUT2D eigenvalue weighted by Crippen LogP contribution is 2.33. The van der Waals surface area contributed by atoms with Gasteiger partial charge in [0.15, 0.2) is 5.76 Å². The van der Waals surface area contributed by atoms with E-state index in [9.17, 15) is 0 Å². The number of halogens is 1. The number of hydrogen-bond acceptors (Lipinski definition) is 5. The van der Waals surface area contributed by atoms with Crippen LogP contribution in [0.2, 0.25) is 0 Å². The molecule has 0 radical (unpaired) electrons. The van der Waals surface area contributed by atoms with Crippen LogP contribution in [0.4, 0.5) is 0 Å². The third-order valence-electron chi connectivity index (χ3n) is 3.04. The van der Waals surface area contributed by atoms with Crippen LogP contribution in [0.15, 0.2) is 33.1 Å². The van der Waals surface area contributed by atoms with Crippen molar-refractivity contribution in [2.45, 2.75) is 19.8 Å². The minimum Gasteiger partial charge on any atom is -0.493 e. The van der Waals surface area contributed by atoms with Crippen LogP contribution < -0.4 is 4.74 Å². The van der Waals surface area contributed by atoms with Crippen LogP contribution in [0.25, 0.3) is 22.6 Å². The van der Waals surface area contributed by atoms with Gasteiger partial charge in [-0.2, -0.15) is 0 Å². The zero-order chi connectivity index (χ0) is 14.7. The van der Waals surface area contributed by atoms with E-state index in [1.54, 1.807) is 0 Å². The van der Waals surface area contributed by atoms with E-state index in [0.29, 0.717) is 36.4 Å². The van der Waals surface area contributed by atoms with Gasteiger partial charge in [-0.05, 0) is 18.6 Å². The molecule has 0 atom stereocenters. The van der Waals surface area contributed by atoms with Gasteiger partial charge < -0.3 is 13.6 Å². The second kappa shape index (κ2) is 6.18. The standard InChI is InChI=1S/C15H15ClN2O3/c1-2-14-17-18-15(21-14)13-9-10-11(19-8-4-7-16)5-3-6-12(10)20-13/h3,5-6,9H,2,4,7-8H2,1H3. The van der Waals surface area contributed by atoms with Crippen LogP contribution in [0.5, 0.6) is 5.75 Å². The third-order valence-corrected chi connectivity index (χ3v) is 3.30. The number of rotatable bonds is 6. The van der Waals surface area contributed by atoms with E-state index in [0.717, 1.165) is 23.1 Å². The molecule has 0 aliphatic carbocycles. The Labute approximate surface area is 126 Å². The lowest BCUT2D eigenvalue weighted by Crippen LogP contribution is -1.97. The van der Waals surface area contributed by atoms with E-state index in [1.807, 2.05) is 31.2 Å². The number of hydrogen-bond donors (Lipinski definition) is 0. The van der Waals surface area contributed by atoms with Crippen LogP contribution in [-0.4, -0.2) is 22.7 Å². The summed E-state index contributed by atoms with van der Waals surface area (Å²) in [6.07, 6.45) is 1.49. The van der Waals surface area contributed by atoms with Gasteiger partial charge in [-0.3, -0.25) is 0 Å². The van der Waals surface area contributed by atoms with Gasteiger partial charge >= 0.3 is 0 Å². The summed E-state index contributed by atoms with van der Waals surface area (Å²) in [5, 5.41) is 8.82. The van der Waals surface area contributed by atoms with E-state index in [1.165, 1.54) is 0 Å². The maximum absolute atomic E-state index is 5.76. The molecule has 110 valence electrons. The van der Waals surface area contributed by atoms with Gasteiger partial charge in [0.2, 0.25) is 5.89 Å². The Kier molecular flexibility index (Phi) is 4.10. The summed E-state index contributed by atoms with van der Waals surface area (Å²) >= 11 is 5.66. The van der Waals surface area contributed by atoms with Gasteiger partial charge in [0.05, 0.1) is 12.0 Å². The van der Waals surface area contributed by atoms with E-state index in [4.69, 9.17) is 25.2 Å². The molecule has 0 bridgehead atoms. The molecule has 0 aliphatic rings. The van der Waals surface area contributed by atoms with Crippen molar-refractivity contribution in [3.63, 3.8) is 0 Å². The Morgan fingerprint density at radius 2 is 2.14 bits per heavy atom. The van der Waals surface area contributed by atoms with Crippen molar-refractivity contribution in [1.29, 1.82) is 0 Å². The lowest BCUT2D eigenvalue weighted by atomic mass is 10.2.